The third-order valence-corrected chi connectivity index (χ3v) is 2.87. The van der Waals surface area contributed by atoms with Gasteiger partial charge in [0, 0.05) is 23.2 Å². The minimum Gasteiger partial charge on any atom is -0.464 e. The van der Waals surface area contributed by atoms with Crippen molar-refractivity contribution in [2.75, 3.05) is 4.90 Å². The van der Waals surface area contributed by atoms with Gasteiger partial charge in [-0.1, -0.05) is 24.8 Å². The Morgan fingerprint density at radius 1 is 0.944 bits per heavy atom. The van der Waals surface area contributed by atoms with E-state index in [1.807, 2.05) is 48.7 Å². The van der Waals surface area contributed by atoms with Gasteiger partial charge in [-0.15, -0.1) is 0 Å². The topological polar surface area (TPSA) is 16.4 Å². The molecule has 0 bridgehead atoms. The highest BCUT2D eigenvalue weighted by atomic mass is 16.3. The lowest BCUT2D eigenvalue weighted by atomic mass is 10.1. The van der Waals surface area contributed by atoms with Crippen LogP contribution < -0.4 is 4.90 Å². The number of furan rings is 1. The quantitative estimate of drug-likeness (QED) is 0.775. The molecule has 0 unspecified atom stereocenters. The zero-order chi connectivity index (χ0) is 12.4. The van der Waals surface area contributed by atoms with Crippen LogP contribution in [-0.2, 0) is 0 Å². The maximum atomic E-state index is 5.42. The Bertz CT molecular complexity index is 606. The molecule has 3 rings (SSSR count). The van der Waals surface area contributed by atoms with Crippen LogP contribution in [0.15, 0.2) is 83.8 Å². The van der Waals surface area contributed by atoms with Crippen molar-refractivity contribution in [3.63, 3.8) is 0 Å². The molecule has 0 saturated carbocycles. The zero-order valence-corrected chi connectivity index (χ0v) is 9.91. The molecule has 0 aliphatic carbocycles. The van der Waals surface area contributed by atoms with E-state index in [1.165, 1.54) is 0 Å². The van der Waals surface area contributed by atoms with E-state index in [0.29, 0.717) is 0 Å². The van der Waals surface area contributed by atoms with Crippen LogP contribution in [0.3, 0.4) is 0 Å². The van der Waals surface area contributed by atoms with Crippen LogP contribution >= 0.6 is 0 Å². The fourth-order valence-corrected chi connectivity index (χ4v) is 1.95. The summed E-state index contributed by atoms with van der Waals surface area (Å²) in [7, 11) is 0. The monoisotopic (exact) mass is 235 g/mol. The molecule has 1 aliphatic rings. The van der Waals surface area contributed by atoms with Crippen molar-refractivity contribution in [3.05, 3.63) is 85.1 Å². The summed E-state index contributed by atoms with van der Waals surface area (Å²) in [5.41, 5.74) is 3.07. The van der Waals surface area contributed by atoms with E-state index in [9.17, 15) is 0 Å². The molecule has 88 valence electrons. The smallest absolute Gasteiger partial charge is 0.135 e. The Hall–Kier alpha value is -2.48. The fraction of sp³-hybridized carbons (Fsp3) is 0. The van der Waals surface area contributed by atoms with Crippen molar-refractivity contribution >= 4 is 11.3 Å². The molecule has 0 fully saturated rings. The Kier molecular flexibility index (Phi) is 2.61. The van der Waals surface area contributed by atoms with Crippen molar-refractivity contribution in [1.29, 1.82) is 0 Å². The summed E-state index contributed by atoms with van der Waals surface area (Å²) in [6, 6.07) is 14.0. The Morgan fingerprint density at radius 3 is 2.50 bits per heavy atom. The van der Waals surface area contributed by atoms with Crippen molar-refractivity contribution in [2.24, 2.45) is 0 Å². The minimum absolute atomic E-state index is 0.861. The second kappa shape index (κ2) is 4.41. The molecule has 2 heterocycles. The van der Waals surface area contributed by atoms with Crippen molar-refractivity contribution in [2.45, 2.75) is 0 Å². The van der Waals surface area contributed by atoms with Crippen LogP contribution in [0.1, 0.15) is 5.76 Å². The Morgan fingerprint density at radius 2 is 1.78 bits per heavy atom. The number of allylic oxidation sites excluding steroid dienone is 3. The molecule has 2 nitrogen and oxygen atoms in total. The largest absolute Gasteiger partial charge is 0.464 e. The lowest BCUT2D eigenvalue weighted by Crippen LogP contribution is -2.16. The van der Waals surface area contributed by atoms with Gasteiger partial charge in [0.25, 0.3) is 0 Å². The summed E-state index contributed by atoms with van der Waals surface area (Å²) < 4.78 is 5.42. The van der Waals surface area contributed by atoms with E-state index in [-0.39, 0.29) is 0 Å². The Balaban J connectivity index is 2.00. The van der Waals surface area contributed by atoms with Gasteiger partial charge in [0.05, 0.1) is 6.26 Å². The van der Waals surface area contributed by atoms with E-state index >= 15 is 0 Å². The molecule has 0 amide bonds. The first-order valence-electron chi connectivity index (χ1n) is 5.81. The normalized spacial score (nSPS) is 14.8. The van der Waals surface area contributed by atoms with Crippen LogP contribution in [0.25, 0.3) is 5.57 Å². The summed E-state index contributed by atoms with van der Waals surface area (Å²) in [4.78, 5) is 2.05. The number of hydrogen-bond acceptors (Lipinski definition) is 2. The number of para-hydroxylation sites is 1. The van der Waals surface area contributed by atoms with Gasteiger partial charge < -0.3 is 9.32 Å². The number of hydrogen-bond donors (Lipinski definition) is 0. The maximum absolute atomic E-state index is 5.42. The summed E-state index contributed by atoms with van der Waals surface area (Å²) in [5, 5.41) is 0. The average molecular weight is 235 g/mol. The molecule has 0 N–H and O–H groups in total. The second-order valence-electron chi connectivity index (χ2n) is 4.09. The third-order valence-electron chi connectivity index (χ3n) is 2.87. The van der Waals surface area contributed by atoms with E-state index in [4.69, 9.17) is 4.42 Å². The van der Waals surface area contributed by atoms with Crippen molar-refractivity contribution < 1.29 is 4.42 Å². The lowest BCUT2D eigenvalue weighted by molar-refractivity contribution is 0.554. The third kappa shape index (κ3) is 1.89. The molecular formula is C16H13NO. The van der Waals surface area contributed by atoms with Gasteiger partial charge in [0.2, 0.25) is 0 Å². The average Bonchev–Trinajstić information content (AvgIpc) is 2.94. The van der Waals surface area contributed by atoms with Gasteiger partial charge in [-0.05, 0) is 36.4 Å². The molecule has 0 radical (unpaired) electrons. The van der Waals surface area contributed by atoms with Crippen LogP contribution in [0, 0.1) is 0 Å². The number of benzene rings is 1. The molecule has 0 spiro atoms. The van der Waals surface area contributed by atoms with Gasteiger partial charge in [-0.3, -0.25) is 0 Å². The predicted molar refractivity (Wildman–Crippen MR) is 73.9 cm³/mol. The first-order chi connectivity index (χ1) is 8.84. The van der Waals surface area contributed by atoms with Gasteiger partial charge in [-0.25, -0.2) is 0 Å². The van der Waals surface area contributed by atoms with Gasteiger partial charge >= 0.3 is 0 Å². The molecule has 1 aromatic carbocycles. The standard InChI is InChI=1S/C16H13NO/c1-13-9-10-14(16-8-5-11-18-16)12-17(13)15-6-3-2-4-7-15/h2-12H,1H2. The van der Waals surface area contributed by atoms with Crippen LogP contribution in [-0.4, -0.2) is 0 Å². The SMILES string of the molecule is C=C1C=CC(c2ccco2)=CN1c1ccccc1. The number of nitrogens with zero attached hydrogens (tertiary/aromatic N) is 1. The molecule has 0 saturated heterocycles. The van der Waals surface area contributed by atoms with Crippen molar-refractivity contribution in [1.82, 2.24) is 0 Å². The van der Waals surface area contributed by atoms with E-state index in [2.05, 4.69) is 23.6 Å². The first kappa shape index (κ1) is 10.7. The molecule has 2 aromatic rings. The van der Waals surface area contributed by atoms with Crippen LogP contribution in [0.4, 0.5) is 5.69 Å². The van der Waals surface area contributed by atoms with E-state index in [1.54, 1.807) is 6.26 Å². The van der Waals surface area contributed by atoms with Gasteiger partial charge in [0.1, 0.15) is 5.76 Å². The lowest BCUT2D eigenvalue weighted by Gasteiger charge is -2.24. The first-order valence-corrected chi connectivity index (χ1v) is 5.81. The predicted octanol–water partition coefficient (Wildman–Crippen LogP) is 4.21. The summed E-state index contributed by atoms with van der Waals surface area (Å²) >= 11 is 0. The summed E-state index contributed by atoms with van der Waals surface area (Å²) in [6.07, 6.45) is 7.72. The van der Waals surface area contributed by atoms with Crippen LogP contribution in [0.5, 0.6) is 0 Å². The minimum atomic E-state index is 0.861. The van der Waals surface area contributed by atoms with Crippen LogP contribution in [0.2, 0.25) is 0 Å². The Labute approximate surface area is 106 Å². The maximum Gasteiger partial charge on any atom is 0.135 e. The van der Waals surface area contributed by atoms with Gasteiger partial charge in [0.15, 0.2) is 0 Å². The summed E-state index contributed by atoms with van der Waals surface area (Å²) in [6.45, 7) is 4.05. The van der Waals surface area contributed by atoms with E-state index in [0.717, 1.165) is 22.7 Å². The molecule has 1 aliphatic heterocycles. The molecule has 2 heteroatoms. The summed E-state index contributed by atoms with van der Waals surface area (Å²) in [5.74, 6) is 0.861. The fourth-order valence-electron chi connectivity index (χ4n) is 1.95. The highest BCUT2D eigenvalue weighted by Gasteiger charge is 2.13. The van der Waals surface area contributed by atoms with Crippen molar-refractivity contribution in [3.8, 4) is 0 Å². The van der Waals surface area contributed by atoms with E-state index < -0.39 is 0 Å². The second-order valence-corrected chi connectivity index (χ2v) is 4.09. The zero-order valence-electron chi connectivity index (χ0n) is 9.91. The number of anilines is 1. The highest BCUT2D eigenvalue weighted by molar-refractivity contribution is 5.78. The number of rotatable bonds is 2. The molecular weight excluding hydrogens is 222 g/mol. The molecule has 18 heavy (non-hydrogen) atoms. The molecule has 0 atom stereocenters. The molecule has 1 aromatic heterocycles. The highest BCUT2D eigenvalue weighted by Crippen LogP contribution is 2.28. The van der Waals surface area contributed by atoms with Gasteiger partial charge in [-0.2, -0.15) is 0 Å².